The monoisotopic (exact) mass is 484 g/mol. The number of aromatic amines is 2. The van der Waals surface area contributed by atoms with E-state index in [2.05, 4.69) is 44.3 Å². The number of hydrogen-bond acceptors (Lipinski definition) is 6. The summed E-state index contributed by atoms with van der Waals surface area (Å²) in [4.78, 5) is 23.1. The van der Waals surface area contributed by atoms with Crippen molar-refractivity contribution in [3.8, 4) is 5.75 Å². The molecule has 0 radical (unpaired) electrons. The molecule has 7 rings (SSSR count). The van der Waals surface area contributed by atoms with E-state index in [0.29, 0.717) is 34.0 Å². The smallest absolute Gasteiger partial charge is 0.264 e. The second kappa shape index (κ2) is 7.76. The van der Waals surface area contributed by atoms with Crippen LogP contribution < -0.4 is 20.9 Å². The summed E-state index contributed by atoms with van der Waals surface area (Å²) < 4.78 is 19.3. The summed E-state index contributed by atoms with van der Waals surface area (Å²) in [6.45, 7) is 1.79. The molecule has 0 amide bonds. The van der Waals surface area contributed by atoms with Crippen LogP contribution in [0.5, 0.6) is 5.75 Å². The maximum Gasteiger partial charge on any atom is 0.264 e. The summed E-state index contributed by atoms with van der Waals surface area (Å²) in [5.41, 5.74) is 11.4. The van der Waals surface area contributed by atoms with E-state index in [1.165, 1.54) is 23.3 Å². The minimum atomic E-state index is -0.378. The van der Waals surface area contributed by atoms with E-state index in [4.69, 9.17) is 15.5 Å². The van der Waals surface area contributed by atoms with E-state index < -0.39 is 0 Å². The Morgan fingerprint density at radius 3 is 2.83 bits per heavy atom. The van der Waals surface area contributed by atoms with Crippen molar-refractivity contribution in [1.82, 2.24) is 20.2 Å². The number of anilines is 1. The van der Waals surface area contributed by atoms with Gasteiger partial charge in [0.15, 0.2) is 5.65 Å². The van der Waals surface area contributed by atoms with Gasteiger partial charge in [0, 0.05) is 36.3 Å². The van der Waals surface area contributed by atoms with Crippen molar-refractivity contribution in [2.75, 3.05) is 24.6 Å². The van der Waals surface area contributed by atoms with Crippen molar-refractivity contribution < 1.29 is 9.13 Å². The number of ether oxygens (including phenoxy) is 1. The second-order valence-corrected chi connectivity index (χ2v) is 9.96. The molecule has 4 heterocycles. The molecule has 36 heavy (non-hydrogen) atoms. The quantitative estimate of drug-likeness (QED) is 0.402. The van der Waals surface area contributed by atoms with Gasteiger partial charge < -0.3 is 15.4 Å². The van der Waals surface area contributed by atoms with Crippen molar-refractivity contribution in [1.29, 1.82) is 0 Å². The molecule has 4 aromatic rings. The fraction of sp³-hybridized carbons (Fsp3) is 0.296. The highest BCUT2D eigenvalue weighted by molar-refractivity contribution is 5.94. The van der Waals surface area contributed by atoms with Crippen LogP contribution in [0.4, 0.5) is 10.3 Å². The zero-order chi connectivity index (χ0) is 24.4. The number of halogens is 1. The fourth-order valence-corrected chi connectivity index (χ4v) is 6.13. The van der Waals surface area contributed by atoms with Crippen LogP contribution in [-0.4, -0.2) is 39.9 Å². The van der Waals surface area contributed by atoms with E-state index >= 15 is 0 Å². The average Bonchev–Trinajstić information content (AvgIpc) is 3.44. The van der Waals surface area contributed by atoms with Gasteiger partial charge in [0.2, 0.25) is 5.95 Å². The zero-order valence-electron chi connectivity index (χ0n) is 19.6. The Labute approximate surface area is 206 Å². The van der Waals surface area contributed by atoms with Gasteiger partial charge in [-0.2, -0.15) is 10.1 Å². The minimum Gasteiger partial charge on any atom is -0.489 e. The third kappa shape index (κ3) is 3.12. The molecule has 8 nitrogen and oxygen atoms in total. The summed E-state index contributed by atoms with van der Waals surface area (Å²) in [5.74, 6) is 0.584. The Balaban J connectivity index is 1.18. The topological polar surface area (TPSA) is 113 Å². The summed E-state index contributed by atoms with van der Waals surface area (Å²) >= 11 is 0. The first-order valence-electron chi connectivity index (χ1n) is 12.2. The Hall–Kier alpha value is -3.98. The molecule has 0 bridgehead atoms. The summed E-state index contributed by atoms with van der Waals surface area (Å²) in [7, 11) is 0. The first-order chi connectivity index (χ1) is 17.5. The number of benzene rings is 2. The molecule has 4 N–H and O–H groups in total. The van der Waals surface area contributed by atoms with Gasteiger partial charge in [-0.3, -0.25) is 14.9 Å². The first kappa shape index (κ1) is 21.3. The lowest BCUT2D eigenvalue weighted by molar-refractivity contribution is 0.187. The lowest BCUT2D eigenvalue weighted by Crippen LogP contribution is -2.45. The van der Waals surface area contributed by atoms with Crippen LogP contribution in [0.2, 0.25) is 0 Å². The van der Waals surface area contributed by atoms with Gasteiger partial charge in [-0.1, -0.05) is 24.3 Å². The Kier molecular flexibility index (Phi) is 4.59. The molecule has 1 aliphatic carbocycles. The van der Waals surface area contributed by atoms with Gasteiger partial charge in [-0.05, 0) is 54.0 Å². The molecule has 0 unspecified atom stereocenters. The number of piperidine rings is 1. The predicted octanol–water partition coefficient (Wildman–Crippen LogP) is 3.45. The van der Waals surface area contributed by atoms with Crippen molar-refractivity contribution in [2.45, 2.75) is 25.3 Å². The van der Waals surface area contributed by atoms with Gasteiger partial charge in [0.1, 0.15) is 29.3 Å². The highest BCUT2D eigenvalue weighted by Crippen LogP contribution is 2.50. The molecular weight excluding hydrogens is 459 g/mol. The number of nitrogens with one attached hydrogen (secondary N) is 2. The van der Waals surface area contributed by atoms with Crippen LogP contribution >= 0.6 is 0 Å². The molecule has 1 fully saturated rings. The standard InChI is InChI=1S/C27H25FN6O2/c28-16-5-6-18-19(7-12-36-20(18)13-16)22-21-24(33-32-22)30-26(31-25(21)35)34-10-8-27(9-11-34)14-15-3-1-2-4-17(15)23(27)29/h1-7,13,23H,8-12,14,29H2,(H2,30,31,32,33,35)/t23-/m1/s1. The van der Waals surface area contributed by atoms with E-state index in [9.17, 15) is 9.18 Å². The van der Waals surface area contributed by atoms with Crippen LogP contribution in [-0.2, 0) is 6.42 Å². The van der Waals surface area contributed by atoms with Crippen LogP contribution in [0.25, 0.3) is 16.6 Å². The van der Waals surface area contributed by atoms with Crippen molar-refractivity contribution in [2.24, 2.45) is 11.1 Å². The lowest BCUT2D eigenvalue weighted by Gasteiger charge is -2.42. The van der Waals surface area contributed by atoms with Crippen LogP contribution in [0.15, 0.2) is 53.3 Å². The number of nitrogens with two attached hydrogens (primary N) is 1. The highest BCUT2D eigenvalue weighted by atomic mass is 19.1. The van der Waals surface area contributed by atoms with Gasteiger partial charge in [-0.15, -0.1) is 0 Å². The maximum atomic E-state index is 13.7. The van der Waals surface area contributed by atoms with Crippen molar-refractivity contribution >= 4 is 22.6 Å². The van der Waals surface area contributed by atoms with Gasteiger partial charge in [-0.25, -0.2) is 4.39 Å². The molecule has 1 spiro atoms. The molecule has 1 atom stereocenters. The number of aromatic nitrogens is 4. The van der Waals surface area contributed by atoms with Crippen LogP contribution in [0, 0.1) is 11.2 Å². The van der Waals surface area contributed by atoms with Gasteiger partial charge in [0.25, 0.3) is 5.56 Å². The van der Waals surface area contributed by atoms with Crippen LogP contribution in [0.1, 0.15) is 41.3 Å². The molecule has 182 valence electrons. The molecule has 2 aromatic heterocycles. The molecule has 0 saturated carbocycles. The summed E-state index contributed by atoms with van der Waals surface area (Å²) in [6.07, 6.45) is 4.70. The first-order valence-corrected chi connectivity index (χ1v) is 12.2. The molecule has 2 aromatic carbocycles. The van der Waals surface area contributed by atoms with E-state index in [1.807, 2.05) is 6.08 Å². The van der Waals surface area contributed by atoms with Gasteiger partial charge >= 0.3 is 0 Å². The van der Waals surface area contributed by atoms with Crippen molar-refractivity contribution in [3.05, 3.63) is 87.1 Å². The Morgan fingerprint density at radius 1 is 1.17 bits per heavy atom. The summed E-state index contributed by atoms with van der Waals surface area (Å²) in [6, 6.07) is 12.9. The number of fused-ring (bicyclic) bond motifs is 3. The van der Waals surface area contributed by atoms with E-state index in [1.54, 1.807) is 6.07 Å². The van der Waals surface area contributed by atoms with Crippen molar-refractivity contribution in [3.63, 3.8) is 0 Å². The highest BCUT2D eigenvalue weighted by Gasteiger charge is 2.46. The normalized spacial score (nSPS) is 20.2. The number of nitrogens with zero attached hydrogens (tertiary/aromatic N) is 3. The number of H-pyrrole nitrogens is 2. The number of hydrogen-bond donors (Lipinski definition) is 3. The van der Waals surface area contributed by atoms with E-state index in [0.717, 1.165) is 37.9 Å². The van der Waals surface area contributed by atoms with Crippen LogP contribution in [0.3, 0.4) is 0 Å². The third-order valence-electron chi connectivity index (χ3n) is 8.08. The Morgan fingerprint density at radius 2 is 2.00 bits per heavy atom. The second-order valence-electron chi connectivity index (χ2n) is 9.96. The zero-order valence-corrected chi connectivity index (χ0v) is 19.6. The molecule has 1 saturated heterocycles. The molecule has 3 aliphatic rings. The SMILES string of the molecule is N[C@@H]1c2ccccc2CC12CCN(c1nc3[nH]nc(C4=CCOc5cc(F)ccc54)c3c(=O)[nH]1)CC2. The lowest BCUT2D eigenvalue weighted by atomic mass is 9.73. The third-order valence-corrected chi connectivity index (χ3v) is 8.08. The predicted molar refractivity (Wildman–Crippen MR) is 134 cm³/mol. The summed E-state index contributed by atoms with van der Waals surface area (Å²) in [5, 5.41) is 7.73. The molecule has 2 aliphatic heterocycles. The fourth-order valence-electron chi connectivity index (χ4n) is 6.13. The Bertz CT molecular complexity index is 1600. The largest absolute Gasteiger partial charge is 0.489 e. The molecular formula is C27H25FN6O2. The molecule has 9 heteroatoms. The average molecular weight is 485 g/mol. The number of rotatable bonds is 2. The van der Waals surface area contributed by atoms with Gasteiger partial charge in [0.05, 0.1) is 0 Å². The minimum absolute atomic E-state index is 0.0320. The maximum absolute atomic E-state index is 13.7. The van der Waals surface area contributed by atoms with E-state index in [-0.39, 0.29) is 29.4 Å².